The Morgan fingerprint density at radius 2 is 1.54 bits per heavy atom. The quantitative estimate of drug-likeness (QED) is 0.373. The van der Waals surface area contributed by atoms with Crippen LogP contribution in [0.3, 0.4) is 0 Å². The topological polar surface area (TPSA) is 43.4 Å². The van der Waals surface area contributed by atoms with Gasteiger partial charge in [0, 0.05) is 14.9 Å². The lowest BCUT2D eigenvalue weighted by atomic mass is 9.83. The molecule has 0 spiro atoms. The second-order valence-electron chi connectivity index (χ2n) is 5.83. The predicted octanol–water partition coefficient (Wildman–Crippen LogP) is 5.78. The van der Waals surface area contributed by atoms with Crippen molar-refractivity contribution in [3.63, 3.8) is 0 Å². The van der Waals surface area contributed by atoms with Gasteiger partial charge in [0.15, 0.2) is 0 Å². The number of hydrogen-bond donors (Lipinski definition) is 0. The molecule has 2 aromatic rings. The number of esters is 1. The molecule has 0 aliphatic rings. The molecular formula is C21H20Br2O3. The van der Waals surface area contributed by atoms with Gasteiger partial charge in [-0.05, 0) is 49.2 Å². The highest BCUT2D eigenvalue weighted by molar-refractivity contribution is 9.10. The van der Waals surface area contributed by atoms with E-state index in [1.54, 1.807) is 6.92 Å². The third-order valence-corrected chi connectivity index (χ3v) is 5.02. The zero-order valence-corrected chi connectivity index (χ0v) is 17.8. The Morgan fingerprint density at radius 1 is 1.00 bits per heavy atom. The molecule has 2 aromatic carbocycles. The van der Waals surface area contributed by atoms with Crippen molar-refractivity contribution in [1.29, 1.82) is 0 Å². The molecule has 0 aliphatic carbocycles. The molecule has 136 valence electrons. The summed E-state index contributed by atoms with van der Waals surface area (Å²) in [6.45, 7) is 3.41. The van der Waals surface area contributed by atoms with Crippen molar-refractivity contribution in [2.45, 2.75) is 19.8 Å². The summed E-state index contributed by atoms with van der Waals surface area (Å²) in [5.41, 5.74) is 1.87. The summed E-state index contributed by atoms with van der Waals surface area (Å²) in [7, 11) is 0. The maximum Gasteiger partial charge on any atom is 0.317 e. The first-order valence-corrected chi connectivity index (χ1v) is 9.87. The van der Waals surface area contributed by atoms with Gasteiger partial charge in [0.1, 0.15) is 11.7 Å². The SMILES string of the molecule is CCOC(=O)C(C(C)=O)C(/C=C/c1ccc(Br)cc1)c1ccc(Br)cc1. The van der Waals surface area contributed by atoms with Crippen LogP contribution in [0.25, 0.3) is 6.08 Å². The highest BCUT2D eigenvalue weighted by Crippen LogP contribution is 2.30. The summed E-state index contributed by atoms with van der Waals surface area (Å²) in [5.74, 6) is -1.98. The van der Waals surface area contributed by atoms with E-state index in [0.717, 1.165) is 20.1 Å². The second kappa shape index (κ2) is 9.83. The first-order chi connectivity index (χ1) is 12.4. The molecule has 0 radical (unpaired) electrons. The van der Waals surface area contributed by atoms with Gasteiger partial charge in [0.2, 0.25) is 0 Å². The lowest BCUT2D eigenvalue weighted by molar-refractivity contribution is -0.151. The lowest BCUT2D eigenvalue weighted by Gasteiger charge is -2.21. The van der Waals surface area contributed by atoms with Gasteiger partial charge < -0.3 is 4.74 Å². The number of allylic oxidation sites excluding steroid dienone is 1. The minimum Gasteiger partial charge on any atom is -0.465 e. The molecule has 0 saturated heterocycles. The zero-order chi connectivity index (χ0) is 19.1. The number of ketones is 1. The zero-order valence-electron chi connectivity index (χ0n) is 14.6. The second-order valence-corrected chi connectivity index (χ2v) is 7.66. The summed E-state index contributed by atoms with van der Waals surface area (Å²) in [6, 6.07) is 15.4. The normalized spacial score (nSPS) is 13.4. The molecule has 0 bridgehead atoms. The van der Waals surface area contributed by atoms with Gasteiger partial charge in [0.05, 0.1) is 6.61 Å². The van der Waals surface area contributed by atoms with Gasteiger partial charge in [-0.1, -0.05) is 68.3 Å². The van der Waals surface area contributed by atoms with Crippen LogP contribution >= 0.6 is 31.9 Å². The summed E-state index contributed by atoms with van der Waals surface area (Å²) in [4.78, 5) is 24.7. The van der Waals surface area contributed by atoms with Gasteiger partial charge >= 0.3 is 5.97 Å². The lowest BCUT2D eigenvalue weighted by Crippen LogP contribution is -2.29. The number of ether oxygens (including phenoxy) is 1. The number of carbonyl (C=O) groups excluding carboxylic acids is 2. The van der Waals surface area contributed by atoms with E-state index in [1.165, 1.54) is 6.92 Å². The van der Waals surface area contributed by atoms with Crippen LogP contribution in [0.2, 0.25) is 0 Å². The van der Waals surface area contributed by atoms with Crippen molar-refractivity contribution >= 4 is 49.7 Å². The van der Waals surface area contributed by atoms with Crippen LogP contribution in [-0.4, -0.2) is 18.4 Å². The van der Waals surface area contributed by atoms with E-state index in [1.807, 2.05) is 60.7 Å². The molecule has 0 aromatic heterocycles. The van der Waals surface area contributed by atoms with E-state index >= 15 is 0 Å². The number of halogens is 2. The van der Waals surface area contributed by atoms with Crippen molar-refractivity contribution in [2.24, 2.45) is 5.92 Å². The molecule has 2 unspecified atom stereocenters. The van der Waals surface area contributed by atoms with Crippen LogP contribution in [-0.2, 0) is 14.3 Å². The highest BCUT2D eigenvalue weighted by Gasteiger charge is 2.33. The van der Waals surface area contributed by atoms with Crippen molar-refractivity contribution in [3.8, 4) is 0 Å². The van der Waals surface area contributed by atoms with Crippen LogP contribution in [0.5, 0.6) is 0 Å². The number of carbonyl (C=O) groups is 2. The van der Waals surface area contributed by atoms with Crippen LogP contribution in [0.15, 0.2) is 63.6 Å². The summed E-state index contributed by atoms with van der Waals surface area (Å²) >= 11 is 6.83. The summed E-state index contributed by atoms with van der Waals surface area (Å²) in [6.07, 6.45) is 3.82. The van der Waals surface area contributed by atoms with E-state index in [9.17, 15) is 9.59 Å². The monoisotopic (exact) mass is 478 g/mol. The Balaban J connectivity index is 2.42. The van der Waals surface area contributed by atoms with Crippen LogP contribution in [0.1, 0.15) is 30.9 Å². The molecule has 2 rings (SSSR count). The Hall–Kier alpha value is -1.72. The van der Waals surface area contributed by atoms with Gasteiger partial charge in [-0.15, -0.1) is 0 Å². The minimum absolute atomic E-state index is 0.211. The van der Waals surface area contributed by atoms with Gasteiger partial charge in [-0.3, -0.25) is 9.59 Å². The van der Waals surface area contributed by atoms with Crippen LogP contribution < -0.4 is 0 Å². The molecule has 2 atom stereocenters. The average molecular weight is 480 g/mol. The van der Waals surface area contributed by atoms with Crippen LogP contribution in [0, 0.1) is 5.92 Å². The van der Waals surface area contributed by atoms with Crippen molar-refractivity contribution in [1.82, 2.24) is 0 Å². The molecular weight excluding hydrogens is 460 g/mol. The first-order valence-electron chi connectivity index (χ1n) is 8.28. The fourth-order valence-corrected chi connectivity index (χ4v) is 3.21. The Bertz CT molecular complexity index is 780. The third kappa shape index (κ3) is 5.64. The van der Waals surface area contributed by atoms with E-state index in [0.29, 0.717) is 0 Å². The molecule has 5 heteroatoms. The van der Waals surface area contributed by atoms with Gasteiger partial charge in [0.25, 0.3) is 0 Å². The highest BCUT2D eigenvalue weighted by atomic mass is 79.9. The summed E-state index contributed by atoms with van der Waals surface area (Å²) in [5, 5.41) is 0. The maximum absolute atomic E-state index is 12.4. The maximum atomic E-state index is 12.4. The van der Waals surface area contributed by atoms with Gasteiger partial charge in [-0.25, -0.2) is 0 Å². The first kappa shape index (κ1) is 20.6. The van der Waals surface area contributed by atoms with Crippen molar-refractivity contribution in [3.05, 3.63) is 74.7 Å². The van der Waals surface area contributed by atoms with E-state index in [4.69, 9.17) is 4.74 Å². The van der Waals surface area contributed by atoms with Gasteiger partial charge in [-0.2, -0.15) is 0 Å². The number of rotatable bonds is 7. The molecule has 3 nitrogen and oxygen atoms in total. The van der Waals surface area contributed by atoms with E-state index in [2.05, 4.69) is 31.9 Å². The van der Waals surface area contributed by atoms with Crippen molar-refractivity contribution < 1.29 is 14.3 Å². The molecule has 0 aliphatic heterocycles. The number of benzene rings is 2. The molecule has 0 saturated carbocycles. The average Bonchev–Trinajstić information content (AvgIpc) is 2.60. The summed E-state index contributed by atoms with van der Waals surface area (Å²) < 4.78 is 7.08. The predicted molar refractivity (Wildman–Crippen MR) is 111 cm³/mol. The van der Waals surface area contributed by atoms with E-state index < -0.39 is 17.8 Å². The smallest absolute Gasteiger partial charge is 0.317 e. The Kier molecular flexibility index (Phi) is 7.79. The fourth-order valence-electron chi connectivity index (χ4n) is 2.69. The number of hydrogen-bond acceptors (Lipinski definition) is 3. The molecule has 0 N–H and O–H groups in total. The molecule has 26 heavy (non-hydrogen) atoms. The standard InChI is InChI=1S/C21H20Br2O3/c1-3-26-21(25)20(14(2)24)19(16-7-11-18(23)12-8-16)13-6-15-4-9-17(22)10-5-15/h4-13,19-20H,3H2,1-2H3/b13-6+. The molecule has 0 amide bonds. The Labute approximate surface area is 170 Å². The van der Waals surface area contributed by atoms with Crippen molar-refractivity contribution in [2.75, 3.05) is 6.61 Å². The minimum atomic E-state index is -0.872. The van der Waals surface area contributed by atoms with Crippen LogP contribution in [0.4, 0.5) is 0 Å². The van der Waals surface area contributed by atoms with E-state index in [-0.39, 0.29) is 12.4 Å². The third-order valence-electron chi connectivity index (χ3n) is 3.96. The fraction of sp³-hybridized carbons (Fsp3) is 0.238. The number of Topliss-reactive ketones (excluding diaryl/α,β-unsaturated/α-hetero) is 1. The Morgan fingerprint density at radius 3 is 2.04 bits per heavy atom. The molecule has 0 fully saturated rings. The largest absolute Gasteiger partial charge is 0.465 e. The molecule has 0 heterocycles.